The fourth-order valence-electron chi connectivity index (χ4n) is 1.19. The lowest BCUT2D eigenvalue weighted by Gasteiger charge is -2.20. The zero-order valence-corrected chi connectivity index (χ0v) is 14.4. The minimum atomic E-state index is -0.0911. The Morgan fingerprint density at radius 1 is 1.47 bits per heavy atom. The summed E-state index contributed by atoms with van der Waals surface area (Å²) in [7, 11) is 0. The predicted octanol–water partition coefficient (Wildman–Crippen LogP) is 2.43. The minimum Gasteiger partial charge on any atom is -0.476 e. The van der Waals surface area contributed by atoms with E-state index < -0.39 is 0 Å². The normalized spacial score (nSPS) is 11.7. The van der Waals surface area contributed by atoms with Gasteiger partial charge >= 0.3 is 0 Å². The Morgan fingerprint density at radius 3 is 2.68 bits per heavy atom. The quantitative estimate of drug-likeness (QED) is 0.354. The molecule has 3 N–H and O–H groups in total. The molecule has 0 atom stereocenters. The fraction of sp³-hybridized carbons (Fsp3) is 0.500. The minimum absolute atomic E-state index is 0. The van der Waals surface area contributed by atoms with Gasteiger partial charge in [-0.3, -0.25) is 0 Å². The zero-order valence-electron chi connectivity index (χ0n) is 11.3. The van der Waals surface area contributed by atoms with Gasteiger partial charge in [0.15, 0.2) is 5.96 Å². The van der Waals surface area contributed by atoms with Crippen molar-refractivity contribution >= 4 is 41.5 Å². The summed E-state index contributed by atoms with van der Waals surface area (Å²) >= 11 is 5.71. The molecule has 0 unspecified atom stereocenters. The van der Waals surface area contributed by atoms with Gasteiger partial charge in [0, 0.05) is 17.8 Å². The first kappa shape index (κ1) is 18.2. The molecule has 5 nitrogen and oxygen atoms in total. The van der Waals surface area contributed by atoms with Crippen LogP contribution in [0.3, 0.4) is 0 Å². The van der Waals surface area contributed by atoms with E-state index in [1.54, 1.807) is 12.1 Å². The Balaban J connectivity index is 0.00000324. The van der Waals surface area contributed by atoms with Crippen LogP contribution in [0.25, 0.3) is 0 Å². The number of nitrogens with one attached hydrogen (secondary N) is 1. The molecular weight excluding hydrogens is 379 g/mol. The average molecular weight is 399 g/mol. The van der Waals surface area contributed by atoms with Crippen molar-refractivity contribution < 1.29 is 4.74 Å². The molecule has 1 heterocycles. The molecule has 0 saturated carbocycles. The van der Waals surface area contributed by atoms with Gasteiger partial charge in [-0.05, 0) is 26.8 Å². The molecule has 0 bridgehead atoms. The fourth-order valence-corrected chi connectivity index (χ4v) is 1.30. The Kier molecular flexibility index (Phi) is 8.08. The van der Waals surface area contributed by atoms with Gasteiger partial charge in [-0.1, -0.05) is 11.6 Å². The molecule has 0 aliphatic rings. The van der Waals surface area contributed by atoms with Crippen LogP contribution in [0.4, 0.5) is 0 Å². The molecule has 0 radical (unpaired) electrons. The number of rotatable bonds is 4. The summed E-state index contributed by atoms with van der Waals surface area (Å²) in [5, 5.41) is 3.65. The summed E-state index contributed by atoms with van der Waals surface area (Å²) < 4.78 is 5.38. The van der Waals surface area contributed by atoms with E-state index >= 15 is 0 Å². The van der Waals surface area contributed by atoms with E-state index in [1.165, 1.54) is 6.20 Å². The molecule has 19 heavy (non-hydrogen) atoms. The average Bonchev–Trinajstić information content (AvgIpc) is 2.24. The predicted molar refractivity (Wildman–Crippen MR) is 89.5 cm³/mol. The number of aliphatic imine (C=N–C) groups is 1. The molecule has 0 amide bonds. The molecular formula is C12H20ClIN4O. The molecule has 1 aromatic heterocycles. The van der Waals surface area contributed by atoms with Crippen LogP contribution in [0.15, 0.2) is 23.3 Å². The number of aromatic nitrogens is 1. The maximum atomic E-state index is 5.71. The summed E-state index contributed by atoms with van der Waals surface area (Å²) in [5.41, 5.74) is 5.62. The van der Waals surface area contributed by atoms with Crippen molar-refractivity contribution in [2.75, 3.05) is 13.2 Å². The third-order valence-corrected chi connectivity index (χ3v) is 2.05. The Labute approximate surface area is 136 Å². The first-order chi connectivity index (χ1) is 8.37. The number of halogens is 2. The maximum absolute atomic E-state index is 5.71. The van der Waals surface area contributed by atoms with Gasteiger partial charge in [0.1, 0.15) is 6.61 Å². The van der Waals surface area contributed by atoms with Crippen LogP contribution in [0, 0.1) is 0 Å². The molecule has 0 aliphatic carbocycles. The topological polar surface area (TPSA) is 72.5 Å². The third kappa shape index (κ3) is 8.88. The number of hydrogen-bond acceptors (Lipinski definition) is 3. The lowest BCUT2D eigenvalue weighted by Crippen LogP contribution is -2.45. The highest BCUT2D eigenvalue weighted by Gasteiger charge is 2.09. The monoisotopic (exact) mass is 398 g/mol. The van der Waals surface area contributed by atoms with Gasteiger partial charge in [-0.25, -0.2) is 9.98 Å². The summed E-state index contributed by atoms with van der Waals surface area (Å²) in [6, 6.07) is 3.44. The van der Waals surface area contributed by atoms with Crippen LogP contribution in [-0.4, -0.2) is 29.6 Å². The molecule has 0 spiro atoms. The molecule has 0 fully saturated rings. The van der Waals surface area contributed by atoms with Gasteiger partial charge < -0.3 is 15.8 Å². The van der Waals surface area contributed by atoms with E-state index in [1.807, 2.05) is 20.8 Å². The number of guanidine groups is 1. The van der Waals surface area contributed by atoms with Gasteiger partial charge in [0.05, 0.1) is 11.6 Å². The van der Waals surface area contributed by atoms with E-state index in [-0.39, 0.29) is 29.5 Å². The van der Waals surface area contributed by atoms with Crippen LogP contribution in [0.1, 0.15) is 20.8 Å². The Morgan fingerprint density at radius 2 is 2.16 bits per heavy atom. The second-order valence-corrected chi connectivity index (χ2v) is 5.24. The van der Waals surface area contributed by atoms with Crippen LogP contribution < -0.4 is 15.8 Å². The van der Waals surface area contributed by atoms with Crippen LogP contribution in [0.5, 0.6) is 5.88 Å². The second kappa shape index (κ2) is 8.42. The molecule has 1 rings (SSSR count). The maximum Gasteiger partial charge on any atom is 0.213 e. The van der Waals surface area contributed by atoms with E-state index in [4.69, 9.17) is 22.1 Å². The molecule has 0 aromatic carbocycles. The van der Waals surface area contributed by atoms with Crippen molar-refractivity contribution in [2.45, 2.75) is 26.3 Å². The summed E-state index contributed by atoms with van der Waals surface area (Å²) in [5.74, 6) is 0.937. The zero-order chi connectivity index (χ0) is 13.6. The van der Waals surface area contributed by atoms with E-state index in [9.17, 15) is 0 Å². The van der Waals surface area contributed by atoms with Crippen LogP contribution in [-0.2, 0) is 0 Å². The smallest absolute Gasteiger partial charge is 0.213 e. The molecule has 1 aromatic rings. The third-order valence-electron chi connectivity index (χ3n) is 1.83. The van der Waals surface area contributed by atoms with Gasteiger partial charge in [0.2, 0.25) is 5.88 Å². The first-order valence-electron chi connectivity index (χ1n) is 5.69. The highest BCUT2D eigenvalue weighted by molar-refractivity contribution is 14.0. The summed E-state index contributed by atoms with van der Waals surface area (Å²) in [6.07, 6.45) is 1.54. The van der Waals surface area contributed by atoms with Crippen LogP contribution >= 0.6 is 35.6 Å². The Bertz CT molecular complexity index is 403. The van der Waals surface area contributed by atoms with Gasteiger partial charge in [-0.15, -0.1) is 24.0 Å². The number of nitrogens with two attached hydrogens (primary N) is 1. The Hall–Kier alpha value is -0.760. The SMILES string of the molecule is CC(C)(C)NC(N)=NCCOc1ccc(Cl)cn1.I. The lowest BCUT2D eigenvalue weighted by atomic mass is 10.1. The first-order valence-corrected chi connectivity index (χ1v) is 6.07. The molecule has 0 saturated heterocycles. The number of ether oxygens (including phenoxy) is 1. The summed E-state index contributed by atoms with van der Waals surface area (Å²) in [4.78, 5) is 8.15. The largest absolute Gasteiger partial charge is 0.476 e. The van der Waals surface area contributed by atoms with Crippen LogP contribution in [0.2, 0.25) is 5.02 Å². The van der Waals surface area contributed by atoms with E-state index in [2.05, 4.69) is 15.3 Å². The number of nitrogens with zero attached hydrogens (tertiary/aromatic N) is 2. The standard InChI is InChI=1S/C12H19ClN4O.HI/c1-12(2,3)17-11(14)15-6-7-18-10-5-4-9(13)8-16-10;/h4-5,8H,6-7H2,1-3H3,(H3,14,15,17);1H. The van der Waals surface area contributed by atoms with Gasteiger partial charge in [0.25, 0.3) is 0 Å². The summed E-state index contributed by atoms with van der Waals surface area (Å²) in [6.45, 7) is 6.94. The number of pyridine rings is 1. The highest BCUT2D eigenvalue weighted by atomic mass is 127. The lowest BCUT2D eigenvalue weighted by molar-refractivity contribution is 0.315. The van der Waals surface area contributed by atoms with Crippen molar-refractivity contribution in [1.82, 2.24) is 10.3 Å². The van der Waals surface area contributed by atoms with E-state index in [0.29, 0.717) is 30.0 Å². The van der Waals surface area contributed by atoms with Crippen molar-refractivity contribution in [3.63, 3.8) is 0 Å². The molecule has 7 heteroatoms. The van der Waals surface area contributed by atoms with Gasteiger partial charge in [-0.2, -0.15) is 0 Å². The van der Waals surface area contributed by atoms with Crippen molar-refractivity contribution in [1.29, 1.82) is 0 Å². The number of hydrogen-bond donors (Lipinski definition) is 2. The second-order valence-electron chi connectivity index (χ2n) is 4.81. The highest BCUT2D eigenvalue weighted by Crippen LogP contribution is 2.10. The van der Waals surface area contributed by atoms with Crippen molar-refractivity contribution in [3.8, 4) is 5.88 Å². The molecule has 0 aliphatic heterocycles. The van der Waals surface area contributed by atoms with Crippen molar-refractivity contribution in [2.24, 2.45) is 10.7 Å². The van der Waals surface area contributed by atoms with E-state index in [0.717, 1.165) is 0 Å². The molecule has 108 valence electrons. The van der Waals surface area contributed by atoms with Crippen molar-refractivity contribution in [3.05, 3.63) is 23.4 Å².